The number of nitrogens with one attached hydrogen (secondary N) is 1. The average Bonchev–Trinajstić information content (AvgIpc) is 2.21. The van der Waals surface area contributed by atoms with Gasteiger partial charge in [-0.25, -0.2) is 0 Å². The summed E-state index contributed by atoms with van der Waals surface area (Å²) in [7, 11) is 2.19. The molecule has 3 N–H and O–H groups in total. The van der Waals surface area contributed by atoms with Crippen molar-refractivity contribution in [3.8, 4) is 0 Å². The molecule has 0 radical (unpaired) electrons. The van der Waals surface area contributed by atoms with E-state index in [1.54, 1.807) is 0 Å². The van der Waals surface area contributed by atoms with Crippen molar-refractivity contribution in [2.75, 3.05) is 20.1 Å². The van der Waals surface area contributed by atoms with Crippen LogP contribution in [0.3, 0.4) is 0 Å². The second-order valence-electron chi connectivity index (χ2n) is 5.11. The van der Waals surface area contributed by atoms with Crippen LogP contribution in [0.4, 0.5) is 0 Å². The first-order chi connectivity index (χ1) is 7.45. The van der Waals surface area contributed by atoms with Gasteiger partial charge in [-0.3, -0.25) is 15.2 Å². The fraction of sp³-hybridized carbons (Fsp3) is 0.917. The molecule has 0 amide bonds. The third-order valence-corrected chi connectivity index (χ3v) is 3.83. The normalized spacial score (nSPS) is 30.2. The second kappa shape index (κ2) is 5.64. The van der Waals surface area contributed by atoms with Crippen molar-refractivity contribution < 1.29 is 0 Å². The summed E-state index contributed by atoms with van der Waals surface area (Å²) in [5.74, 6) is 0.311. The van der Waals surface area contributed by atoms with Crippen molar-refractivity contribution in [1.82, 2.24) is 9.80 Å². The van der Waals surface area contributed by atoms with Crippen LogP contribution in [0.15, 0.2) is 0 Å². The first-order valence-electron chi connectivity index (χ1n) is 6.24. The zero-order chi connectivity index (χ0) is 12.3. The molecule has 1 aliphatic rings. The fourth-order valence-electron chi connectivity index (χ4n) is 2.53. The van der Waals surface area contributed by atoms with Crippen LogP contribution in [-0.2, 0) is 0 Å². The summed E-state index contributed by atoms with van der Waals surface area (Å²) in [4.78, 5) is 4.92. The van der Waals surface area contributed by atoms with Crippen molar-refractivity contribution >= 4 is 5.84 Å². The predicted octanol–water partition coefficient (Wildman–Crippen LogP) is 1.12. The Hall–Kier alpha value is -0.610. The van der Waals surface area contributed by atoms with Crippen molar-refractivity contribution in [2.45, 2.75) is 51.7 Å². The number of amidine groups is 1. The highest BCUT2D eigenvalue weighted by atomic mass is 15.3. The SMILES string of the molecule is CCC(CC(=N)N)N1CC(C)N(C)C(C)C1. The van der Waals surface area contributed by atoms with Crippen LogP contribution >= 0.6 is 0 Å². The molecule has 4 nitrogen and oxygen atoms in total. The first kappa shape index (κ1) is 13.5. The molecule has 1 saturated heterocycles. The minimum Gasteiger partial charge on any atom is -0.388 e. The number of piperazine rings is 1. The Morgan fingerprint density at radius 2 is 1.88 bits per heavy atom. The Kier molecular flexibility index (Phi) is 4.74. The smallest absolute Gasteiger partial charge is 0.0921 e. The van der Waals surface area contributed by atoms with E-state index in [9.17, 15) is 0 Å². The topological polar surface area (TPSA) is 56.4 Å². The number of rotatable bonds is 4. The lowest BCUT2D eigenvalue weighted by Crippen LogP contribution is -2.57. The molecule has 0 aromatic rings. The largest absolute Gasteiger partial charge is 0.388 e. The molecule has 0 spiro atoms. The zero-order valence-corrected chi connectivity index (χ0v) is 11.0. The van der Waals surface area contributed by atoms with Gasteiger partial charge in [0, 0.05) is 37.6 Å². The van der Waals surface area contributed by atoms with Gasteiger partial charge in [-0.15, -0.1) is 0 Å². The summed E-state index contributed by atoms with van der Waals surface area (Å²) in [5, 5.41) is 7.43. The fourth-order valence-corrected chi connectivity index (χ4v) is 2.53. The Morgan fingerprint density at radius 1 is 1.38 bits per heavy atom. The molecule has 1 fully saturated rings. The van der Waals surface area contributed by atoms with Gasteiger partial charge in [-0.1, -0.05) is 6.92 Å². The maximum Gasteiger partial charge on any atom is 0.0921 e. The van der Waals surface area contributed by atoms with E-state index in [4.69, 9.17) is 11.1 Å². The summed E-state index contributed by atoms with van der Waals surface area (Å²) in [6.45, 7) is 8.90. The Bertz CT molecular complexity index is 229. The highest BCUT2D eigenvalue weighted by Crippen LogP contribution is 2.18. The summed E-state index contributed by atoms with van der Waals surface area (Å²) < 4.78 is 0. The molecule has 0 bridgehead atoms. The Morgan fingerprint density at radius 3 is 2.25 bits per heavy atom. The van der Waals surface area contributed by atoms with E-state index in [2.05, 4.69) is 37.6 Å². The van der Waals surface area contributed by atoms with Crippen molar-refractivity contribution in [3.63, 3.8) is 0 Å². The molecule has 4 heteroatoms. The van der Waals surface area contributed by atoms with Crippen LogP contribution in [0.2, 0.25) is 0 Å². The summed E-state index contributed by atoms with van der Waals surface area (Å²) in [6.07, 6.45) is 1.78. The molecule has 0 aromatic carbocycles. The van der Waals surface area contributed by atoms with Gasteiger partial charge >= 0.3 is 0 Å². The third-order valence-electron chi connectivity index (χ3n) is 3.83. The van der Waals surface area contributed by atoms with Gasteiger partial charge in [0.1, 0.15) is 0 Å². The first-order valence-corrected chi connectivity index (χ1v) is 6.24. The van der Waals surface area contributed by atoms with Gasteiger partial charge in [0.2, 0.25) is 0 Å². The van der Waals surface area contributed by atoms with E-state index in [0.717, 1.165) is 19.5 Å². The summed E-state index contributed by atoms with van der Waals surface area (Å²) in [5.41, 5.74) is 5.52. The number of hydrogen-bond donors (Lipinski definition) is 2. The van der Waals surface area contributed by atoms with Crippen LogP contribution in [0, 0.1) is 5.41 Å². The van der Waals surface area contributed by atoms with E-state index in [1.165, 1.54) is 0 Å². The molecule has 3 atom stereocenters. The molecule has 1 rings (SSSR count). The Balaban J connectivity index is 2.61. The number of likely N-dealkylation sites (N-methyl/N-ethyl adjacent to an activating group) is 1. The monoisotopic (exact) mass is 226 g/mol. The van der Waals surface area contributed by atoms with Gasteiger partial charge in [0.15, 0.2) is 0 Å². The maximum atomic E-state index is 7.43. The molecule has 3 unspecified atom stereocenters. The van der Waals surface area contributed by atoms with Crippen LogP contribution in [0.25, 0.3) is 0 Å². The number of nitrogens with two attached hydrogens (primary N) is 1. The Labute approximate surface area is 99.3 Å². The van der Waals surface area contributed by atoms with Gasteiger partial charge < -0.3 is 5.73 Å². The van der Waals surface area contributed by atoms with Gasteiger partial charge in [0.25, 0.3) is 0 Å². The van der Waals surface area contributed by atoms with Gasteiger partial charge in [-0.05, 0) is 27.3 Å². The highest BCUT2D eigenvalue weighted by Gasteiger charge is 2.30. The molecule has 0 aromatic heterocycles. The molecule has 1 heterocycles. The molecular formula is C12H26N4. The molecule has 94 valence electrons. The van der Waals surface area contributed by atoms with E-state index in [1.807, 2.05) is 0 Å². The van der Waals surface area contributed by atoms with E-state index in [-0.39, 0.29) is 0 Å². The maximum absolute atomic E-state index is 7.43. The average molecular weight is 226 g/mol. The lowest BCUT2D eigenvalue weighted by atomic mass is 10.0. The number of nitrogens with zero attached hydrogens (tertiary/aromatic N) is 2. The standard InChI is InChI=1S/C12H26N4/c1-5-11(6-12(13)14)16-7-9(2)15(4)10(3)8-16/h9-11H,5-8H2,1-4H3,(H3,13,14). The second-order valence-corrected chi connectivity index (χ2v) is 5.11. The predicted molar refractivity (Wildman–Crippen MR) is 68.9 cm³/mol. The summed E-state index contributed by atoms with van der Waals surface area (Å²) in [6, 6.07) is 1.62. The van der Waals surface area contributed by atoms with Crippen LogP contribution < -0.4 is 5.73 Å². The number of hydrogen-bond acceptors (Lipinski definition) is 3. The minimum absolute atomic E-state index is 0.311. The summed E-state index contributed by atoms with van der Waals surface area (Å²) >= 11 is 0. The highest BCUT2D eigenvalue weighted by molar-refractivity contribution is 5.77. The minimum atomic E-state index is 0.311. The molecule has 0 saturated carbocycles. The van der Waals surface area contributed by atoms with E-state index < -0.39 is 0 Å². The zero-order valence-electron chi connectivity index (χ0n) is 11.0. The molecule has 1 aliphatic heterocycles. The molecular weight excluding hydrogens is 200 g/mol. The van der Waals surface area contributed by atoms with Crippen LogP contribution in [0.5, 0.6) is 0 Å². The lowest BCUT2D eigenvalue weighted by molar-refractivity contribution is 0.0341. The van der Waals surface area contributed by atoms with Crippen molar-refractivity contribution in [2.24, 2.45) is 5.73 Å². The van der Waals surface area contributed by atoms with Gasteiger partial charge in [0.05, 0.1) is 5.84 Å². The quantitative estimate of drug-likeness (QED) is 0.558. The lowest BCUT2D eigenvalue weighted by Gasteiger charge is -2.45. The van der Waals surface area contributed by atoms with Crippen molar-refractivity contribution in [1.29, 1.82) is 5.41 Å². The van der Waals surface area contributed by atoms with Crippen molar-refractivity contribution in [3.05, 3.63) is 0 Å². The van der Waals surface area contributed by atoms with Crippen LogP contribution in [-0.4, -0.2) is 53.9 Å². The molecule has 0 aliphatic carbocycles. The molecule has 16 heavy (non-hydrogen) atoms. The van der Waals surface area contributed by atoms with E-state index >= 15 is 0 Å². The van der Waals surface area contributed by atoms with Crippen LogP contribution in [0.1, 0.15) is 33.6 Å². The van der Waals surface area contributed by atoms with Gasteiger partial charge in [-0.2, -0.15) is 0 Å². The van der Waals surface area contributed by atoms with E-state index in [0.29, 0.717) is 30.4 Å². The third kappa shape index (κ3) is 3.19.